The Kier molecular flexibility index (Phi) is 12.2. The number of benzene rings is 8. The molecule has 72 heavy (non-hydrogen) atoms. The number of fused-ring (bicyclic) bond motifs is 4. The van der Waals surface area contributed by atoms with Crippen molar-refractivity contribution in [3.05, 3.63) is 230 Å². The Labute approximate surface area is 435 Å². The summed E-state index contributed by atoms with van der Waals surface area (Å²) in [7, 11) is 0. The van der Waals surface area contributed by atoms with E-state index in [0.29, 0.717) is 17.5 Å². The number of hydrogen-bond donors (Lipinski definition) is 0. The molecule has 1 aliphatic rings. The molecule has 0 spiro atoms. The van der Waals surface area contributed by atoms with Crippen molar-refractivity contribution in [1.29, 1.82) is 0 Å². The molecule has 0 radical (unpaired) electrons. The molecule has 3 aromatic heterocycles. The number of para-hydroxylation sites is 4. The van der Waals surface area contributed by atoms with Crippen LogP contribution < -0.4 is 9.80 Å². The van der Waals surface area contributed by atoms with Crippen LogP contribution in [0.3, 0.4) is 0 Å². The van der Waals surface area contributed by atoms with E-state index < -0.39 is 0 Å². The zero-order valence-electron chi connectivity index (χ0n) is 40.7. The minimum Gasteiger partial charge on any atom is -0.488 e. The van der Waals surface area contributed by atoms with Gasteiger partial charge in [-0.3, -0.25) is 9.97 Å². The molecule has 7 nitrogen and oxygen atoms in total. The average molecular weight is 1110 g/mol. The zero-order valence-corrected chi connectivity index (χ0v) is 42.9. The van der Waals surface area contributed by atoms with Gasteiger partial charge in [0.05, 0.1) is 11.6 Å². The van der Waals surface area contributed by atoms with Crippen molar-refractivity contribution >= 4 is 44.6 Å². The van der Waals surface area contributed by atoms with E-state index in [0.717, 1.165) is 94.9 Å². The summed E-state index contributed by atoms with van der Waals surface area (Å²) in [5.74, 6) is 2.64. The first kappa shape index (κ1) is 46.4. The quantitative estimate of drug-likeness (QED) is 0.134. The number of rotatable bonds is 9. The van der Waals surface area contributed by atoms with Crippen LogP contribution in [0.5, 0.6) is 0 Å². The first-order chi connectivity index (χ1) is 34.7. The molecule has 11 aromatic rings. The average Bonchev–Trinajstić information content (AvgIpc) is 3.97. The molecule has 0 saturated heterocycles. The van der Waals surface area contributed by atoms with Gasteiger partial charge in [-0.2, -0.15) is 0 Å². The van der Waals surface area contributed by atoms with Crippen LogP contribution in [0.15, 0.2) is 200 Å². The molecular formula is C64H50N7Pt-3. The van der Waals surface area contributed by atoms with Gasteiger partial charge in [-0.05, 0) is 69.3 Å². The summed E-state index contributed by atoms with van der Waals surface area (Å²) in [5, 5.41) is 2.20. The van der Waals surface area contributed by atoms with Gasteiger partial charge in [0.2, 0.25) is 0 Å². The summed E-state index contributed by atoms with van der Waals surface area (Å²) >= 11 is 0. The minimum atomic E-state index is -0.0561. The maximum absolute atomic E-state index is 5.33. The van der Waals surface area contributed by atoms with Crippen LogP contribution in [0.2, 0.25) is 0 Å². The van der Waals surface area contributed by atoms with Gasteiger partial charge >= 0.3 is 0 Å². The van der Waals surface area contributed by atoms with Gasteiger partial charge in [-0.25, -0.2) is 4.98 Å². The minimum absolute atomic E-state index is 0. The Morgan fingerprint density at radius 2 is 1.10 bits per heavy atom. The number of anilines is 4. The predicted molar refractivity (Wildman–Crippen MR) is 291 cm³/mol. The molecule has 0 unspecified atom stereocenters. The number of aromatic nitrogens is 5. The molecule has 12 rings (SSSR count). The fourth-order valence-electron chi connectivity index (χ4n) is 9.75. The molecule has 1 aliphatic heterocycles. The van der Waals surface area contributed by atoms with Crippen molar-refractivity contribution in [1.82, 2.24) is 24.5 Å². The molecule has 0 N–H and O–H groups in total. The van der Waals surface area contributed by atoms with Gasteiger partial charge in [-0.15, -0.1) is 59.8 Å². The Morgan fingerprint density at radius 1 is 0.514 bits per heavy atom. The van der Waals surface area contributed by atoms with Crippen molar-refractivity contribution in [2.45, 2.75) is 46.0 Å². The van der Waals surface area contributed by atoms with Crippen LogP contribution in [-0.2, 0) is 26.5 Å². The third-order valence-corrected chi connectivity index (χ3v) is 13.5. The van der Waals surface area contributed by atoms with Gasteiger partial charge in [0.25, 0.3) is 0 Å². The van der Waals surface area contributed by atoms with Crippen LogP contribution >= 0.6 is 0 Å². The molecule has 0 amide bonds. The molecule has 0 fully saturated rings. The van der Waals surface area contributed by atoms with Crippen molar-refractivity contribution < 1.29 is 21.1 Å². The molecule has 0 atom stereocenters. The monoisotopic (exact) mass is 1110 g/mol. The topological polar surface area (TPSA) is 63.0 Å². The summed E-state index contributed by atoms with van der Waals surface area (Å²) < 4.78 is 2.21. The summed E-state index contributed by atoms with van der Waals surface area (Å²) in [4.78, 5) is 25.3. The molecule has 0 bridgehead atoms. The van der Waals surface area contributed by atoms with E-state index >= 15 is 0 Å². The second kappa shape index (κ2) is 19.0. The number of nitrogens with zero attached hydrogens (tertiary/aromatic N) is 7. The Morgan fingerprint density at radius 3 is 1.75 bits per heavy atom. The van der Waals surface area contributed by atoms with E-state index in [1.54, 1.807) is 0 Å². The molecule has 0 saturated carbocycles. The summed E-state index contributed by atoms with van der Waals surface area (Å²) in [6.07, 6.45) is 1.91. The summed E-state index contributed by atoms with van der Waals surface area (Å²) in [6, 6.07) is 75.7. The Hall–Kier alpha value is -7.99. The normalized spacial score (nSPS) is 12.4. The van der Waals surface area contributed by atoms with Crippen molar-refractivity contribution in [3.8, 4) is 62.2 Å². The van der Waals surface area contributed by atoms with E-state index in [9.17, 15) is 0 Å². The van der Waals surface area contributed by atoms with E-state index in [2.05, 4.69) is 232 Å². The number of pyridine rings is 1. The van der Waals surface area contributed by atoms with Gasteiger partial charge in [0.15, 0.2) is 0 Å². The molecule has 4 heterocycles. The molecule has 8 heteroatoms. The second-order valence-corrected chi connectivity index (χ2v) is 19.5. The van der Waals surface area contributed by atoms with E-state index in [1.807, 2.05) is 36.5 Å². The van der Waals surface area contributed by atoms with Crippen LogP contribution in [0.25, 0.3) is 84.0 Å². The van der Waals surface area contributed by atoms with Gasteiger partial charge in [0, 0.05) is 66.5 Å². The van der Waals surface area contributed by atoms with Crippen molar-refractivity contribution in [2.24, 2.45) is 0 Å². The Bertz CT molecular complexity index is 3710. The third-order valence-electron chi connectivity index (χ3n) is 13.5. The third kappa shape index (κ3) is 8.48. The maximum atomic E-state index is 5.33. The first-order valence-electron chi connectivity index (χ1n) is 24.2. The zero-order chi connectivity index (χ0) is 48.2. The maximum Gasteiger partial charge on any atom is 0.144 e. The largest absolute Gasteiger partial charge is 0.488 e. The molecule has 0 aliphatic carbocycles. The Balaban J connectivity index is 0.00000560. The second-order valence-electron chi connectivity index (χ2n) is 19.5. The van der Waals surface area contributed by atoms with E-state index in [-0.39, 0.29) is 32.4 Å². The van der Waals surface area contributed by atoms with Crippen LogP contribution in [0.4, 0.5) is 22.7 Å². The summed E-state index contributed by atoms with van der Waals surface area (Å²) in [5.41, 5.74) is 15.3. The molecular weight excluding hydrogens is 1060 g/mol. The fourth-order valence-corrected chi connectivity index (χ4v) is 9.75. The van der Waals surface area contributed by atoms with Crippen LogP contribution in [0.1, 0.15) is 51.7 Å². The van der Waals surface area contributed by atoms with Crippen molar-refractivity contribution in [2.75, 3.05) is 9.80 Å². The first-order valence-corrected chi connectivity index (χ1v) is 24.2. The SMILES string of the molecule is CC(C)c1cc(-c2nc(-c3[c-]c4c(cc3)c3ccccc3n4-c3cc(C(C)(C)C)ccn3)nc(-c3ccccc3)n2)[c-]c(N2[CH-]N(c3c(-c4ccccc4)cccc3-c3ccccc3)c3ccccc32)c1.[Pt]. The predicted octanol–water partition coefficient (Wildman–Crippen LogP) is 16.1. The fraction of sp³-hybridized carbons (Fsp3) is 0.109. The molecule has 8 aromatic carbocycles. The standard InChI is InChI=1S/C64H50N7.Pt/c1-42(2)47-36-48(38-50(37-47)69-41-70(57-31-18-17-30-56(57)69)60-51(43-20-9-6-10-21-43)27-19-28-52(60)44-22-11-7-12-23-44)63-67-61(45-24-13-8-14-25-45)66-62(68-63)46-32-33-54-53-26-15-16-29-55(53)71(58(54)39-46)59-40-49(34-35-65-59)64(3,4)5;/h6-37,40-42H,1-5H3;/q-3;. The number of hydrogen-bond acceptors (Lipinski definition) is 6. The van der Waals surface area contributed by atoms with E-state index in [1.165, 1.54) is 5.56 Å². The van der Waals surface area contributed by atoms with Gasteiger partial charge in [-0.1, -0.05) is 185 Å². The molecule has 354 valence electrons. The van der Waals surface area contributed by atoms with Crippen molar-refractivity contribution in [3.63, 3.8) is 0 Å². The van der Waals surface area contributed by atoms with Gasteiger partial charge < -0.3 is 19.4 Å². The van der Waals surface area contributed by atoms with E-state index in [4.69, 9.17) is 19.9 Å². The van der Waals surface area contributed by atoms with Crippen LogP contribution in [0, 0.1) is 18.8 Å². The van der Waals surface area contributed by atoms with Crippen LogP contribution in [-0.4, -0.2) is 24.5 Å². The smallest absolute Gasteiger partial charge is 0.144 e. The van der Waals surface area contributed by atoms with Gasteiger partial charge in [0.1, 0.15) is 11.6 Å². The summed E-state index contributed by atoms with van der Waals surface area (Å²) in [6.45, 7) is 13.3.